The van der Waals surface area contributed by atoms with Crippen molar-refractivity contribution in [3.8, 4) is 0 Å². The minimum atomic E-state index is -1.82. The van der Waals surface area contributed by atoms with Gasteiger partial charge >= 0.3 is 17.9 Å². The first-order valence-electron chi connectivity index (χ1n) is 4.01. The van der Waals surface area contributed by atoms with E-state index in [1.807, 2.05) is 0 Å². The minimum Gasteiger partial charge on any atom is -0.473 e. The SMILES string of the molecule is CCCCOC(C)=O.O=C(O)C(=O)O. The summed E-state index contributed by atoms with van der Waals surface area (Å²) in [6, 6.07) is 0. The third-order valence-electron chi connectivity index (χ3n) is 0.986. The lowest BCUT2D eigenvalue weighted by Crippen LogP contribution is -2.09. The highest BCUT2D eigenvalue weighted by Gasteiger charge is 2.04. The number of esters is 1. The van der Waals surface area contributed by atoms with Gasteiger partial charge in [-0.2, -0.15) is 0 Å². The molecule has 0 saturated heterocycles. The predicted molar refractivity (Wildman–Crippen MR) is 46.8 cm³/mol. The molecule has 6 nitrogen and oxygen atoms in total. The molecule has 0 bridgehead atoms. The first-order valence-corrected chi connectivity index (χ1v) is 4.01. The lowest BCUT2D eigenvalue weighted by Gasteiger charge is -1.96. The maximum atomic E-state index is 10.1. The highest BCUT2D eigenvalue weighted by molar-refractivity contribution is 6.27. The summed E-state index contributed by atoms with van der Waals surface area (Å²) in [6.07, 6.45) is 2.05. The van der Waals surface area contributed by atoms with Crippen molar-refractivity contribution in [3.63, 3.8) is 0 Å². The highest BCUT2D eigenvalue weighted by Crippen LogP contribution is 1.86. The second-order valence-corrected chi connectivity index (χ2v) is 2.30. The molecule has 2 N–H and O–H groups in total. The van der Waals surface area contributed by atoms with E-state index in [1.54, 1.807) is 0 Å². The van der Waals surface area contributed by atoms with E-state index in [1.165, 1.54) is 6.92 Å². The fourth-order valence-electron chi connectivity index (χ4n) is 0.360. The smallest absolute Gasteiger partial charge is 0.414 e. The molecule has 0 fully saturated rings. The fourth-order valence-corrected chi connectivity index (χ4v) is 0.360. The Morgan fingerprint density at radius 2 is 1.57 bits per heavy atom. The van der Waals surface area contributed by atoms with Gasteiger partial charge in [0.2, 0.25) is 0 Å². The van der Waals surface area contributed by atoms with E-state index < -0.39 is 11.9 Å². The van der Waals surface area contributed by atoms with Crippen LogP contribution < -0.4 is 0 Å². The summed E-state index contributed by atoms with van der Waals surface area (Å²) in [7, 11) is 0. The van der Waals surface area contributed by atoms with Gasteiger partial charge in [-0.3, -0.25) is 4.79 Å². The molecule has 0 heterocycles. The third-order valence-corrected chi connectivity index (χ3v) is 0.986. The van der Waals surface area contributed by atoms with Crippen LogP contribution in [0.25, 0.3) is 0 Å². The molecule has 0 atom stereocenters. The van der Waals surface area contributed by atoms with Crippen LogP contribution in [0.3, 0.4) is 0 Å². The van der Waals surface area contributed by atoms with E-state index in [0.717, 1.165) is 12.8 Å². The molecule has 0 saturated carbocycles. The van der Waals surface area contributed by atoms with Gasteiger partial charge in [0.05, 0.1) is 6.61 Å². The number of hydrogen-bond acceptors (Lipinski definition) is 4. The lowest BCUT2D eigenvalue weighted by atomic mass is 10.4. The molecule has 0 amide bonds. The van der Waals surface area contributed by atoms with Crippen LogP contribution in [0.2, 0.25) is 0 Å². The quantitative estimate of drug-likeness (QED) is 0.396. The number of carbonyl (C=O) groups excluding carboxylic acids is 1. The first-order chi connectivity index (χ1) is 6.41. The number of ether oxygens (including phenoxy) is 1. The largest absolute Gasteiger partial charge is 0.473 e. The van der Waals surface area contributed by atoms with Crippen LogP contribution >= 0.6 is 0 Å². The van der Waals surface area contributed by atoms with Crippen molar-refractivity contribution >= 4 is 17.9 Å². The zero-order chi connectivity index (χ0) is 11.6. The van der Waals surface area contributed by atoms with Crippen molar-refractivity contribution in [2.75, 3.05) is 6.61 Å². The van der Waals surface area contributed by atoms with Gasteiger partial charge in [0.25, 0.3) is 0 Å². The van der Waals surface area contributed by atoms with E-state index in [2.05, 4.69) is 11.7 Å². The Kier molecular flexibility index (Phi) is 10.1. The maximum absolute atomic E-state index is 10.1. The third kappa shape index (κ3) is 16.8. The zero-order valence-corrected chi connectivity index (χ0v) is 8.15. The van der Waals surface area contributed by atoms with E-state index in [0.29, 0.717) is 6.61 Å². The molecule has 0 aliphatic carbocycles. The number of rotatable bonds is 3. The Morgan fingerprint density at radius 3 is 1.79 bits per heavy atom. The van der Waals surface area contributed by atoms with Crippen molar-refractivity contribution in [1.82, 2.24) is 0 Å². The van der Waals surface area contributed by atoms with Gasteiger partial charge in [0.15, 0.2) is 0 Å². The van der Waals surface area contributed by atoms with E-state index >= 15 is 0 Å². The van der Waals surface area contributed by atoms with E-state index in [4.69, 9.17) is 19.8 Å². The van der Waals surface area contributed by atoms with E-state index in [9.17, 15) is 4.79 Å². The Labute approximate surface area is 81.5 Å². The van der Waals surface area contributed by atoms with Gasteiger partial charge in [-0.25, -0.2) is 9.59 Å². The second kappa shape index (κ2) is 9.50. The summed E-state index contributed by atoms with van der Waals surface area (Å²) >= 11 is 0. The van der Waals surface area contributed by atoms with Crippen molar-refractivity contribution < 1.29 is 29.3 Å². The van der Waals surface area contributed by atoms with Crippen LogP contribution in [0, 0.1) is 0 Å². The number of carbonyl (C=O) groups is 3. The first kappa shape index (κ1) is 14.9. The molecule has 6 heteroatoms. The van der Waals surface area contributed by atoms with E-state index in [-0.39, 0.29) is 5.97 Å². The fraction of sp³-hybridized carbons (Fsp3) is 0.625. The van der Waals surface area contributed by atoms with Gasteiger partial charge in [-0.05, 0) is 6.42 Å². The summed E-state index contributed by atoms with van der Waals surface area (Å²) in [6.45, 7) is 4.06. The van der Waals surface area contributed by atoms with Gasteiger partial charge in [-0.15, -0.1) is 0 Å². The molecular weight excluding hydrogens is 192 g/mol. The molecule has 0 aliphatic rings. The summed E-state index contributed by atoms with van der Waals surface area (Å²) in [4.78, 5) is 28.3. The molecule has 0 aliphatic heterocycles. The topological polar surface area (TPSA) is 101 Å². The number of carboxylic acids is 2. The van der Waals surface area contributed by atoms with Crippen molar-refractivity contribution in [2.24, 2.45) is 0 Å². The summed E-state index contributed by atoms with van der Waals surface area (Å²) in [5.41, 5.74) is 0. The summed E-state index contributed by atoms with van der Waals surface area (Å²) in [5, 5.41) is 14.8. The molecule has 82 valence electrons. The monoisotopic (exact) mass is 206 g/mol. The second-order valence-electron chi connectivity index (χ2n) is 2.30. The average Bonchev–Trinajstić information content (AvgIpc) is 2.05. The number of hydrogen-bond donors (Lipinski definition) is 2. The standard InChI is InChI=1S/C6H12O2.C2H2O4/c1-3-4-5-8-6(2)7;3-1(4)2(5)6/h3-5H2,1-2H3;(H,3,4)(H,5,6). The number of carboxylic acid groups (broad SMARTS) is 2. The van der Waals surface area contributed by atoms with Gasteiger partial charge in [0, 0.05) is 6.92 Å². The zero-order valence-electron chi connectivity index (χ0n) is 8.15. The van der Waals surface area contributed by atoms with Gasteiger partial charge in [0.1, 0.15) is 0 Å². The minimum absolute atomic E-state index is 0.182. The van der Waals surface area contributed by atoms with Gasteiger partial charge < -0.3 is 14.9 Å². The molecule has 0 aromatic heterocycles. The molecule has 0 radical (unpaired) electrons. The van der Waals surface area contributed by atoms with Crippen LogP contribution in [0.4, 0.5) is 0 Å². The van der Waals surface area contributed by atoms with Crippen LogP contribution in [0.15, 0.2) is 0 Å². The Hall–Kier alpha value is -1.59. The molecule has 0 aromatic carbocycles. The molecule has 0 rings (SSSR count). The van der Waals surface area contributed by atoms with Crippen molar-refractivity contribution in [1.29, 1.82) is 0 Å². The molecular formula is C8H14O6. The maximum Gasteiger partial charge on any atom is 0.414 e. The van der Waals surface area contributed by atoms with Crippen molar-refractivity contribution in [2.45, 2.75) is 26.7 Å². The van der Waals surface area contributed by atoms with Crippen LogP contribution in [0.5, 0.6) is 0 Å². The molecule has 0 spiro atoms. The van der Waals surface area contributed by atoms with Crippen LogP contribution in [0.1, 0.15) is 26.7 Å². The molecule has 0 unspecified atom stereocenters. The molecule has 0 aromatic rings. The van der Waals surface area contributed by atoms with Gasteiger partial charge in [-0.1, -0.05) is 13.3 Å². The Morgan fingerprint density at radius 1 is 1.14 bits per heavy atom. The number of aliphatic carboxylic acids is 2. The number of unbranched alkanes of at least 4 members (excludes halogenated alkanes) is 1. The molecule has 14 heavy (non-hydrogen) atoms. The predicted octanol–water partition coefficient (Wildman–Crippen LogP) is 0.505. The Bertz CT molecular complexity index is 186. The van der Waals surface area contributed by atoms with Crippen LogP contribution in [-0.2, 0) is 19.1 Å². The average molecular weight is 206 g/mol. The van der Waals surface area contributed by atoms with Crippen molar-refractivity contribution in [3.05, 3.63) is 0 Å². The lowest BCUT2D eigenvalue weighted by molar-refractivity contribution is -0.159. The summed E-state index contributed by atoms with van der Waals surface area (Å²) in [5.74, 6) is -3.83. The Balaban J connectivity index is 0. The normalized spacial score (nSPS) is 8.14. The summed E-state index contributed by atoms with van der Waals surface area (Å²) < 4.78 is 4.64. The van der Waals surface area contributed by atoms with Crippen LogP contribution in [-0.4, -0.2) is 34.7 Å². The highest BCUT2D eigenvalue weighted by atomic mass is 16.5.